The number of likely N-dealkylation sites (tertiary alicyclic amines) is 1. The molecule has 24 heavy (non-hydrogen) atoms. The molecule has 1 aliphatic heterocycles. The monoisotopic (exact) mass is 337 g/mol. The highest BCUT2D eigenvalue weighted by atomic mass is 16.6. The molecule has 134 valence electrons. The molecule has 2 rings (SSSR count). The number of hydrogen-bond donors (Lipinski definition) is 0. The van der Waals surface area contributed by atoms with Gasteiger partial charge in [-0.05, 0) is 58.1 Å². The number of carbonyl (C=O) groups excluding carboxylic acids is 2. The van der Waals surface area contributed by atoms with E-state index in [0.717, 1.165) is 25.8 Å². The number of furan rings is 1. The van der Waals surface area contributed by atoms with Gasteiger partial charge in [-0.3, -0.25) is 4.79 Å². The Labute approximate surface area is 143 Å². The topological polar surface area (TPSA) is 69.0 Å². The van der Waals surface area contributed by atoms with Crippen molar-refractivity contribution in [2.45, 2.75) is 45.6 Å². The summed E-state index contributed by atoms with van der Waals surface area (Å²) < 4.78 is 15.9. The van der Waals surface area contributed by atoms with Crippen LogP contribution in [0.25, 0.3) is 0 Å². The van der Waals surface area contributed by atoms with Crippen molar-refractivity contribution in [3.8, 4) is 0 Å². The third-order valence-corrected chi connectivity index (χ3v) is 3.87. The predicted molar refractivity (Wildman–Crippen MR) is 89.0 cm³/mol. The average Bonchev–Trinajstić information content (AvgIpc) is 3.04. The second kappa shape index (κ2) is 8.33. The van der Waals surface area contributed by atoms with Crippen LogP contribution in [0.1, 0.15) is 50.6 Å². The lowest BCUT2D eigenvalue weighted by Gasteiger charge is -2.34. The van der Waals surface area contributed by atoms with E-state index >= 15 is 0 Å². The Hall–Kier alpha value is -1.82. The van der Waals surface area contributed by atoms with Gasteiger partial charge in [-0.25, -0.2) is 4.79 Å². The molecule has 1 aromatic heterocycles. The summed E-state index contributed by atoms with van der Waals surface area (Å²) in [5, 5.41) is 0. The number of nitrogens with zero attached hydrogens (tertiary/aromatic N) is 1. The molecule has 0 aromatic carbocycles. The van der Waals surface area contributed by atoms with E-state index in [1.165, 1.54) is 6.26 Å². The summed E-state index contributed by atoms with van der Waals surface area (Å²) in [6.45, 7) is 7.56. The number of ether oxygens (including phenoxy) is 2. The fraction of sp³-hybridized carbons (Fsp3) is 0.667. The van der Waals surface area contributed by atoms with E-state index in [1.54, 1.807) is 17.0 Å². The maximum absolute atomic E-state index is 12.1. The fourth-order valence-corrected chi connectivity index (χ4v) is 2.72. The lowest BCUT2D eigenvalue weighted by Crippen LogP contribution is -2.43. The predicted octanol–water partition coefficient (Wildman–Crippen LogP) is 3.52. The van der Waals surface area contributed by atoms with Gasteiger partial charge in [0.25, 0.3) is 0 Å². The Bertz CT molecular complexity index is 532. The van der Waals surface area contributed by atoms with Crippen LogP contribution in [0.4, 0.5) is 4.79 Å². The first-order valence-electron chi connectivity index (χ1n) is 8.47. The average molecular weight is 337 g/mol. The minimum atomic E-state index is -0.473. The fourth-order valence-electron chi connectivity index (χ4n) is 2.72. The maximum atomic E-state index is 12.1. The van der Waals surface area contributed by atoms with Gasteiger partial charge in [-0.1, -0.05) is 0 Å². The Kier molecular flexibility index (Phi) is 6.43. The van der Waals surface area contributed by atoms with Gasteiger partial charge < -0.3 is 18.8 Å². The van der Waals surface area contributed by atoms with E-state index in [0.29, 0.717) is 24.8 Å². The molecule has 1 saturated heterocycles. The van der Waals surface area contributed by atoms with Crippen LogP contribution in [0.2, 0.25) is 0 Å². The zero-order valence-electron chi connectivity index (χ0n) is 14.7. The molecule has 0 radical (unpaired) electrons. The smallest absolute Gasteiger partial charge is 0.410 e. The third kappa shape index (κ3) is 6.00. The van der Waals surface area contributed by atoms with Crippen molar-refractivity contribution in [2.24, 2.45) is 5.92 Å². The van der Waals surface area contributed by atoms with Crippen molar-refractivity contribution in [1.29, 1.82) is 0 Å². The Morgan fingerprint density at radius 3 is 2.83 bits per heavy atom. The number of piperidine rings is 1. The largest absolute Gasteiger partial charge is 0.461 e. The van der Waals surface area contributed by atoms with Crippen LogP contribution in [-0.4, -0.2) is 48.7 Å². The van der Waals surface area contributed by atoms with E-state index < -0.39 is 5.60 Å². The van der Waals surface area contributed by atoms with Crippen LogP contribution in [0, 0.1) is 5.92 Å². The standard InChI is InChI=1S/C18H27NO5/c1-18(2,3)24-17(21)19-9-4-6-14(12-19)8-11-22-13-15(20)16-7-5-10-23-16/h5,7,10,14H,4,6,8-9,11-13H2,1-3H3. The zero-order chi connectivity index (χ0) is 17.6. The van der Waals surface area contributed by atoms with Crippen molar-refractivity contribution in [3.05, 3.63) is 24.2 Å². The first kappa shape index (κ1) is 18.5. The molecule has 1 unspecified atom stereocenters. The van der Waals surface area contributed by atoms with Gasteiger partial charge in [0.2, 0.25) is 5.78 Å². The SMILES string of the molecule is CC(C)(C)OC(=O)N1CCCC(CCOCC(=O)c2ccco2)C1. The molecule has 1 aliphatic rings. The molecule has 6 nitrogen and oxygen atoms in total. The van der Waals surface area contributed by atoms with Gasteiger partial charge in [0.1, 0.15) is 12.2 Å². The molecule has 2 heterocycles. The van der Waals surface area contributed by atoms with E-state index in [4.69, 9.17) is 13.9 Å². The lowest BCUT2D eigenvalue weighted by molar-refractivity contribution is 0.0141. The minimum Gasteiger partial charge on any atom is -0.461 e. The number of rotatable bonds is 6. The van der Waals surface area contributed by atoms with E-state index in [1.807, 2.05) is 20.8 Å². The van der Waals surface area contributed by atoms with Gasteiger partial charge in [0.15, 0.2) is 5.76 Å². The summed E-state index contributed by atoms with van der Waals surface area (Å²) >= 11 is 0. The van der Waals surface area contributed by atoms with Gasteiger partial charge in [-0.2, -0.15) is 0 Å². The highest BCUT2D eigenvalue weighted by Crippen LogP contribution is 2.21. The second-order valence-corrected chi connectivity index (χ2v) is 7.18. The zero-order valence-corrected chi connectivity index (χ0v) is 14.7. The number of hydrogen-bond acceptors (Lipinski definition) is 5. The normalized spacial score (nSPS) is 18.5. The molecule has 0 N–H and O–H groups in total. The Morgan fingerprint density at radius 1 is 1.38 bits per heavy atom. The van der Waals surface area contributed by atoms with Crippen LogP contribution in [0.3, 0.4) is 0 Å². The third-order valence-electron chi connectivity index (χ3n) is 3.87. The molecule has 0 aliphatic carbocycles. The van der Waals surface area contributed by atoms with Crippen molar-refractivity contribution in [1.82, 2.24) is 4.90 Å². The van der Waals surface area contributed by atoms with Crippen LogP contribution < -0.4 is 0 Å². The summed E-state index contributed by atoms with van der Waals surface area (Å²) in [5.41, 5.74) is -0.473. The number of carbonyl (C=O) groups is 2. The van der Waals surface area contributed by atoms with Crippen LogP contribution in [-0.2, 0) is 9.47 Å². The lowest BCUT2D eigenvalue weighted by atomic mass is 9.95. The molecule has 0 spiro atoms. The van der Waals surface area contributed by atoms with Crippen LogP contribution >= 0.6 is 0 Å². The first-order valence-corrected chi connectivity index (χ1v) is 8.47. The number of ketones is 1. The van der Waals surface area contributed by atoms with Crippen molar-refractivity contribution < 1.29 is 23.5 Å². The first-order chi connectivity index (χ1) is 11.3. The highest BCUT2D eigenvalue weighted by molar-refractivity contribution is 5.94. The van der Waals surface area contributed by atoms with Crippen LogP contribution in [0.5, 0.6) is 0 Å². The molecular formula is C18H27NO5. The quantitative estimate of drug-likeness (QED) is 0.587. The summed E-state index contributed by atoms with van der Waals surface area (Å²) in [5.74, 6) is 0.549. The van der Waals surface area contributed by atoms with Crippen molar-refractivity contribution in [2.75, 3.05) is 26.3 Å². The molecular weight excluding hydrogens is 310 g/mol. The van der Waals surface area contributed by atoms with E-state index in [-0.39, 0.29) is 18.5 Å². The summed E-state index contributed by atoms with van der Waals surface area (Å²) in [6.07, 6.45) is 4.08. The molecule has 1 atom stereocenters. The molecule has 6 heteroatoms. The highest BCUT2D eigenvalue weighted by Gasteiger charge is 2.27. The van der Waals surface area contributed by atoms with Crippen molar-refractivity contribution >= 4 is 11.9 Å². The van der Waals surface area contributed by atoms with Crippen LogP contribution in [0.15, 0.2) is 22.8 Å². The minimum absolute atomic E-state index is 0.0238. The number of Topliss-reactive ketones (excluding diaryl/α,β-unsaturated/α-hetero) is 1. The molecule has 1 amide bonds. The van der Waals surface area contributed by atoms with Gasteiger partial charge in [-0.15, -0.1) is 0 Å². The Morgan fingerprint density at radius 2 is 2.17 bits per heavy atom. The molecule has 1 aromatic rings. The molecule has 1 fully saturated rings. The maximum Gasteiger partial charge on any atom is 0.410 e. The second-order valence-electron chi connectivity index (χ2n) is 7.18. The summed E-state index contributed by atoms with van der Waals surface area (Å²) in [4.78, 5) is 25.6. The van der Waals surface area contributed by atoms with Gasteiger partial charge >= 0.3 is 6.09 Å². The Balaban J connectivity index is 1.67. The van der Waals surface area contributed by atoms with E-state index in [2.05, 4.69) is 0 Å². The molecule has 0 saturated carbocycles. The summed E-state index contributed by atoms with van der Waals surface area (Å²) in [6, 6.07) is 3.31. The van der Waals surface area contributed by atoms with Crippen molar-refractivity contribution in [3.63, 3.8) is 0 Å². The van der Waals surface area contributed by atoms with E-state index in [9.17, 15) is 9.59 Å². The van der Waals surface area contributed by atoms with Gasteiger partial charge in [0.05, 0.1) is 6.26 Å². The summed E-state index contributed by atoms with van der Waals surface area (Å²) in [7, 11) is 0. The molecule has 0 bridgehead atoms. The number of amides is 1. The van der Waals surface area contributed by atoms with Gasteiger partial charge in [0, 0.05) is 19.7 Å².